The molecule has 2 N–H and O–H groups in total. The molecule has 20 heavy (non-hydrogen) atoms. The quantitative estimate of drug-likeness (QED) is 0.804. The van der Waals surface area contributed by atoms with Crippen LogP contribution in [0.3, 0.4) is 0 Å². The average molecular weight is 368 g/mol. The molecule has 114 valence electrons. The Morgan fingerprint density at radius 1 is 1.35 bits per heavy atom. The van der Waals surface area contributed by atoms with Gasteiger partial charge in [0.1, 0.15) is 11.6 Å². The second-order valence-corrected chi connectivity index (χ2v) is 7.35. The number of benzene rings is 1. The molecule has 0 saturated heterocycles. The van der Waals surface area contributed by atoms with Crippen LogP contribution in [-0.2, 0) is 10.0 Å². The van der Waals surface area contributed by atoms with Crippen molar-refractivity contribution in [3.05, 3.63) is 28.5 Å². The molecule has 0 saturated carbocycles. The largest absolute Gasteiger partial charge is 0.493 e. The first-order valence-electron chi connectivity index (χ1n) is 6.29. The first kappa shape index (κ1) is 17.4. The summed E-state index contributed by atoms with van der Waals surface area (Å²) in [7, 11) is -3.57. The molecule has 0 aromatic heterocycles. The zero-order valence-electron chi connectivity index (χ0n) is 11.5. The highest BCUT2D eigenvalue weighted by Gasteiger charge is 2.32. The molecule has 4 nitrogen and oxygen atoms in total. The molecule has 1 rings (SSSR count). The van der Waals surface area contributed by atoms with E-state index in [0.717, 1.165) is 0 Å². The van der Waals surface area contributed by atoms with Gasteiger partial charge < -0.3 is 4.74 Å². The van der Waals surface area contributed by atoms with E-state index in [1.165, 1.54) is 18.2 Å². The smallest absolute Gasteiger partial charge is 0.209 e. The lowest BCUT2D eigenvalue weighted by Gasteiger charge is -2.30. The summed E-state index contributed by atoms with van der Waals surface area (Å²) < 4.78 is 41.7. The molecule has 0 aliphatic heterocycles. The lowest BCUT2D eigenvalue weighted by molar-refractivity contribution is 0.154. The molecule has 0 aliphatic rings. The van der Waals surface area contributed by atoms with Crippen LogP contribution in [0.5, 0.6) is 5.75 Å². The Bertz CT molecular complexity index is 559. The van der Waals surface area contributed by atoms with E-state index in [0.29, 0.717) is 23.1 Å². The van der Waals surface area contributed by atoms with Gasteiger partial charge in [0.2, 0.25) is 10.0 Å². The molecule has 1 aromatic carbocycles. The zero-order valence-corrected chi connectivity index (χ0v) is 13.9. The molecule has 0 aliphatic carbocycles. The highest BCUT2D eigenvalue weighted by atomic mass is 79.9. The predicted molar refractivity (Wildman–Crippen MR) is 80.6 cm³/mol. The van der Waals surface area contributed by atoms with E-state index < -0.39 is 15.4 Å². The number of sulfonamides is 1. The van der Waals surface area contributed by atoms with Crippen molar-refractivity contribution in [1.82, 2.24) is 0 Å². The van der Waals surface area contributed by atoms with Gasteiger partial charge >= 0.3 is 0 Å². The summed E-state index contributed by atoms with van der Waals surface area (Å²) in [5.74, 6) is -0.0202. The SMILES string of the molecule is CCC(CC)(COc1ccc(F)c(Br)c1)CS(N)(=O)=O. The van der Waals surface area contributed by atoms with Gasteiger partial charge in [0.15, 0.2) is 0 Å². The van der Waals surface area contributed by atoms with Crippen molar-refractivity contribution >= 4 is 26.0 Å². The van der Waals surface area contributed by atoms with E-state index in [1.54, 1.807) is 0 Å². The summed E-state index contributed by atoms with van der Waals surface area (Å²) >= 11 is 3.08. The third-order valence-electron chi connectivity index (χ3n) is 3.44. The van der Waals surface area contributed by atoms with Gasteiger partial charge in [-0.25, -0.2) is 17.9 Å². The standard InChI is InChI=1S/C13H19BrFNO3S/c1-3-13(4-2,9-20(16,17)18)8-19-10-5-6-12(15)11(14)7-10/h5-7H,3-4,8-9H2,1-2H3,(H2,16,17,18). The lowest BCUT2D eigenvalue weighted by atomic mass is 9.85. The second kappa shape index (κ2) is 6.87. The zero-order chi connectivity index (χ0) is 15.4. The minimum absolute atomic E-state index is 0.130. The summed E-state index contributed by atoms with van der Waals surface area (Å²) in [4.78, 5) is 0. The molecular weight excluding hydrogens is 349 g/mol. The van der Waals surface area contributed by atoms with Crippen LogP contribution in [0.25, 0.3) is 0 Å². The van der Waals surface area contributed by atoms with Crippen molar-refractivity contribution in [2.75, 3.05) is 12.4 Å². The van der Waals surface area contributed by atoms with Gasteiger partial charge in [0.25, 0.3) is 0 Å². The number of ether oxygens (including phenoxy) is 1. The monoisotopic (exact) mass is 367 g/mol. The molecule has 0 unspecified atom stereocenters. The van der Waals surface area contributed by atoms with Gasteiger partial charge in [-0.1, -0.05) is 13.8 Å². The van der Waals surface area contributed by atoms with Crippen LogP contribution < -0.4 is 9.88 Å². The maximum atomic E-state index is 13.1. The van der Waals surface area contributed by atoms with E-state index in [1.807, 2.05) is 13.8 Å². The highest BCUT2D eigenvalue weighted by Crippen LogP contribution is 2.30. The molecule has 0 atom stereocenters. The topological polar surface area (TPSA) is 69.4 Å². The first-order valence-corrected chi connectivity index (χ1v) is 8.80. The molecule has 7 heteroatoms. The Labute approximate surface area is 127 Å². The van der Waals surface area contributed by atoms with E-state index in [-0.39, 0.29) is 18.2 Å². The van der Waals surface area contributed by atoms with E-state index in [9.17, 15) is 12.8 Å². The van der Waals surface area contributed by atoms with Crippen molar-refractivity contribution in [2.45, 2.75) is 26.7 Å². The number of halogens is 2. The summed E-state index contributed by atoms with van der Waals surface area (Å²) in [5, 5.41) is 5.15. The van der Waals surface area contributed by atoms with E-state index in [4.69, 9.17) is 9.88 Å². The predicted octanol–water partition coefficient (Wildman–Crippen LogP) is 3.06. The van der Waals surface area contributed by atoms with E-state index >= 15 is 0 Å². The van der Waals surface area contributed by atoms with Gasteiger partial charge in [-0.15, -0.1) is 0 Å². The van der Waals surface area contributed by atoms with Crippen LogP contribution >= 0.6 is 15.9 Å². The molecule has 0 spiro atoms. The minimum atomic E-state index is -3.57. The molecule has 1 aromatic rings. The number of primary sulfonamides is 1. The number of rotatable bonds is 7. The Balaban J connectivity index is 2.83. The fourth-order valence-corrected chi connectivity index (χ4v) is 3.63. The fraction of sp³-hybridized carbons (Fsp3) is 0.538. The van der Waals surface area contributed by atoms with Crippen molar-refractivity contribution in [2.24, 2.45) is 10.6 Å². The molecule has 0 amide bonds. The molecule has 0 fully saturated rings. The maximum absolute atomic E-state index is 13.1. The summed E-state index contributed by atoms with van der Waals surface area (Å²) in [5.41, 5.74) is -0.533. The third-order valence-corrected chi connectivity index (χ3v) is 5.07. The van der Waals surface area contributed by atoms with Gasteiger partial charge in [-0.05, 0) is 47.0 Å². The first-order chi connectivity index (χ1) is 9.21. The minimum Gasteiger partial charge on any atom is -0.493 e. The Morgan fingerprint density at radius 3 is 2.40 bits per heavy atom. The van der Waals surface area contributed by atoms with Crippen LogP contribution in [-0.4, -0.2) is 20.8 Å². The summed E-state index contributed by atoms with van der Waals surface area (Å²) in [6.07, 6.45) is 1.25. The number of hydrogen-bond acceptors (Lipinski definition) is 3. The van der Waals surface area contributed by atoms with Crippen LogP contribution in [0, 0.1) is 11.2 Å². The van der Waals surface area contributed by atoms with Gasteiger partial charge in [-0.2, -0.15) is 0 Å². The molecular formula is C13H19BrFNO3S. The van der Waals surface area contributed by atoms with Crippen molar-refractivity contribution in [3.8, 4) is 5.75 Å². The second-order valence-electron chi connectivity index (χ2n) is 4.88. The summed E-state index contributed by atoms with van der Waals surface area (Å²) in [6, 6.07) is 4.31. The Morgan fingerprint density at radius 2 is 1.95 bits per heavy atom. The number of nitrogens with two attached hydrogens (primary N) is 1. The van der Waals surface area contributed by atoms with Crippen LogP contribution in [0.2, 0.25) is 0 Å². The maximum Gasteiger partial charge on any atom is 0.209 e. The van der Waals surface area contributed by atoms with Crippen molar-refractivity contribution < 1.29 is 17.5 Å². The third kappa shape index (κ3) is 5.03. The van der Waals surface area contributed by atoms with Crippen LogP contribution in [0.4, 0.5) is 4.39 Å². The van der Waals surface area contributed by atoms with Crippen LogP contribution in [0.15, 0.2) is 22.7 Å². The normalized spacial score (nSPS) is 12.4. The Hall–Kier alpha value is -0.660. The van der Waals surface area contributed by atoms with Crippen LogP contribution in [0.1, 0.15) is 26.7 Å². The summed E-state index contributed by atoms with van der Waals surface area (Å²) in [6.45, 7) is 4.02. The molecule has 0 heterocycles. The van der Waals surface area contributed by atoms with Gasteiger partial charge in [0, 0.05) is 5.41 Å². The molecule has 0 radical (unpaired) electrons. The van der Waals surface area contributed by atoms with Crippen molar-refractivity contribution in [1.29, 1.82) is 0 Å². The van der Waals surface area contributed by atoms with E-state index in [2.05, 4.69) is 15.9 Å². The molecule has 0 bridgehead atoms. The number of hydrogen-bond donors (Lipinski definition) is 1. The van der Waals surface area contributed by atoms with Crippen molar-refractivity contribution in [3.63, 3.8) is 0 Å². The highest BCUT2D eigenvalue weighted by molar-refractivity contribution is 9.10. The fourth-order valence-electron chi connectivity index (χ4n) is 1.93. The Kier molecular flexibility index (Phi) is 5.97. The van der Waals surface area contributed by atoms with Gasteiger partial charge in [-0.3, -0.25) is 0 Å². The lowest BCUT2D eigenvalue weighted by Crippen LogP contribution is -2.37. The average Bonchev–Trinajstić information content (AvgIpc) is 2.37. The van der Waals surface area contributed by atoms with Gasteiger partial charge in [0.05, 0.1) is 16.8 Å².